The lowest BCUT2D eigenvalue weighted by molar-refractivity contribution is -0.130. The number of benzene rings is 1. The Morgan fingerprint density at radius 1 is 1.26 bits per heavy atom. The third kappa shape index (κ3) is 5.75. The summed E-state index contributed by atoms with van der Waals surface area (Å²) < 4.78 is 5.39. The molecule has 1 aromatic carbocycles. The molecule has 0 saturated carbocycles. The van der Waals surface area contributed by atoms with Crippen molar-refractivity contribution in [2.24, 2.45) is 5.73 Å². The van der Waals surface area contributed by atoms with E-state index in [4.69, 9.17) is 10.5 Å². The highest BCUT2D eigenvalue weighted by atomic mass is 16.5. The quantitative estimate of drug-likeness (QED) is 0.732. The molecule has 19 heavy (non-hydrogen) atoms. The Morgan fingerprint density at radius 3 is 2.53 bits per heavy atom. The average Bonchev–Trinajstić information content (AvgIpc) is 2.41. The Labute approximate surface area is 115 Å². The maximum atomic E-state index is 11.9. The third-order valence-corrected chi connectivity index (χ3v) is 2.92. The van der Waals surface area contributed by atoms with E-state index in [9.17, 15) is 4.79 Å². The first-order chi connectivity index (χ1) is 9.17. The molecule has 0 atom stereocenters. The molecule has 0 aliphatic rings. The molecule has 0 aliphatic carbocycles. The molecule has 2 N–H and O–H groups in total. The number of hydrogen-bond donors (Lipinski definition) is 1. The van der Waals surface area contributed by atoms with Crippen LogP contribution in [0.5, 0.6) is 5.75 Å². The van der Waals surface area contributed by atoms with Gasteiger partial charge in [-0.2, -0.15) is 0 Å². The number of unbranched alkanes of at least 4 members (excludes halogenated alkanes) is 1. The Hall–Kier alpha value is -1.55. The second-order valence-electron chi connectivity index (χ2n) is 4.57. The third-order valence-electron chi connectivity index (χ3n) is 2.92. The van der Waals surface area contributed by atoms with Gasteiger partial charge in [-0.25, -0.2) is 0 Å². The topological polar surface area (TPSA) is 55.6 Å². The highest BCUT2D eigenvalue weighted by Gasteiger charge is 2.08. The summed E-state index contributed by atoms with van der Waals surface area (Å²) in [4.78, 5) is 13.6. The fraction of sp³-hybridized carbons (Fsp3) is 0.533. The first-order valence-corrected chi connectivity index (χ1v) is 6.83. The van der Waals surface area contributed by atoms with Crippen molar-refractivity contribution >= 4 is 5.91 Å². The van der Waals surface area contributed by atoms with E-state index >= 15 is 0 Å². The molecule has 0 radical (unpaired) electrons. The monoisotopic (exact) mass is 264 g/mol. The van der Waals surface area contributed by atoms with Crippen LogP contribution in [0.1, 0.15) is 31.7 Å². The number of carbonyl (C=O) groups is 1. The zero-order chi connectivity index (χ0) is 14.1. The molecule has 0 aliphatic heterocycles. The summed E-state index contributed by atoms with van der Waals surface area (Å²) >= 11 is 0. The standard InChI is InChI=1S/C15H24N2O2/c1-3-19-14-9-7-13(8-10-14)12-17(2)15(18)6-4-5-11-16/h7-10H,3-6,11-12,16H2,1-2H3. The fourth-order valence-electron chi connectivity index (χ4n) is 1.83. The minimum atomic E-state index is 0.169. The Bertz CT molecular complexity index is 376. The summed E-state index contributed by atoms with van der Waals surface area (Å²) in [6.07, 6.45) is 2.34. The molecule has 0 fully saturated rings. The van der Waals surface area contributed by atoms with Gasteiger partial charge in [0.25, 0.3) is 0 Å². The van der Waals surface area contributed by atoms with Gasteiger partial charge >= 0.3 is 0 Å². The van der Waals surface area contributed by atoms with Gasteiger partial charge in [-0.05, 0) is 44.0 Å². The Kier molecular flexibility index (Phi) is 6.97. The van der Waals surface area contributed by atoms with E-state index in [0.29, 0.717) is 26.1 Å². The number of hydrogen-bond acceptors (Lipinski definition) is 3. The number of nitrogens with zero attached hydrogens (tertiary/aromatic N) is 1. The van der Waals surface area contributed by atoms with Crippen molar-refractivity contribution in [2.45, 2.75) is 32.7 Å². The minimum Gasteiger partial charge on any atom is -0.494 e. The first kappa shape index (κ1) is 15.5. The number of rotatable bonds is 8. The van der Waals surface area contributed by atoms with Crippen LogP contribution in [0, 0.1) is 0 Å². The number of ether oxygens (including phenoxy) is 1. The summed E-state index contributed by atoms with van der Waals surface area (Å²) in [5.41, 5.74) is 6.53. The highest BCUT2D eigenvalue weighted by molar-refractivity contribution is 5.75. The van der Waals surface area contributed by atoms with Crippen LogP contribution in [-0.4, -0.2) is 31.0 Å². The Balaban J connectivity index is 2.42. The summed E-state index contributed by atoms with van der Waals surface area (Å²) in [5, 5.41) is 0. The highest BCUT2D eigenvalue weighted by Crippen LogP contribution is 2.13. The molecule has 0 unspecified atom stereocenters. The van der Waals surface area contributed by atoms with Gasteiger partial charge in [0.05, 0.1) is 6.61 Å². The Morgan fingerprint density at radius 2 is 1.95 bits per heavy atom. The molecule has 0 spiro atoms. The van der Waals surface area contributed by atoms with Crippen LogP contribution < -0.4 is 10.5 Å². The lowest BCUT2D eigenvalue weighted by Crippen LogP contribution is -2.26. The normalized spacial score (nSPS) is 10.3. The largest absolute Gasteiger partial charge is 0.494 e. The van der Waals surface area contributed by atoms with Crippen molar-refractivity contribution in [3.05, 3.63) is 29.8 Å². The van der Waals surface area contributed by atoms with Crippen LogP contribution >= 0.6 is 0 Å². The summed E-state index contributed by atoms with van der Waals surface area (Å²) in [7, 11) is 1.83. The lowest BCUT2D eigenvalue weighted by atomic mass is 10.2. The van der Waals surface area contributed by atoms with Crippen molar-refractivity contribution in [1.82, 2.24) is 4.90 Å². The maximum Gasteiger partial charge on any atom is 0.222 e. The van der Waals surface area contributed by atoms with E-state index in [2.05, 4.69) is 0 Å². The van der Waals surface area contributed by atoms with Crippen molar-refractivity contribution in [1.29, 1.82) is 0 Å². The second-order valence-corrected chi connectivity index (χ2v) is 4.57. The summed E-state index contributed by atoms with van der Waals surface area (Å²) in [5.74, 6) is 1.03. The predicted molar refractivity (Wildman–Crippen MR) is 77.0 cm³/mol. The molecule has 4 nitrogen and oxygen atoms in total. The van der Waals surface area contributed by atoms with Crippen molar-refractivity contribution in [3.8, 4) is 5.75 Å². The van der Waals surface area contributed by atoms with Gasteiger partial charge in [0.15, 0.2) is 0 Å². The molecule has 0 aromatic heterocycles. The van der Waals surface area contributed by atoms with E-state index < -0.39 is 0 Å². The van der Waals surface area contributed by atoms with E-state index in [0.717, 1.165) is 24.2 Å². The molecule has 4 heteroatoms. The smallest absolute Gasteiger partial charge is 0.222 e. The first-order valence-electron chi connectivity index (χ1n) is 6.83. The van der Waals surface area contributed by atoms with Crippen LogP contribution in [0.3, 0.4) is 0 Å². The lowest BCUT2D eigenvalue weighted by Gasteiger charge is -2.17. The van der Waals surface area contributed by atoms with Gasteiger partial charge in [-0.3, -0.25) is 4.79 Å². The van der Waals surface area contributed by atoms with E-state index in [1.54, 1.807) is 4.90 Å². The molecule has 1 aromatic rings. The van der Waals surface area contributed by atoms with Crippen LogP contribution in [0.4, 0.5) is 0 Å². The van der Waals surface area contributed by atoms with Crippen LogP contribution in [-0.2, 0) is 11.3 Å². The van der Waals surface area contributed by atoms with Crippen LogP contribution in [0.25, 0.3) is 0 Å². The SMILES string of the molecule is CCOc1ccc(CN(C)C(=O)CCCCN)cc1. The summed E-state index contributed by atoms with van der Waals surface area (Å²) in [6.45, 7) is 3.91. The average molecular weight is 264 g/mol. The molecule has 1 rings (SSSR count). The van der Waals surface area contributed by atoms with Gasteiger partial charge < -0.3 is 15.4 Å². The van der Waals surface area contributed by atoms with E-state index in [-0.39, 0.29) is 5.91 Å². The van der Waals surface area contributed by atoms with Crippen LogP contribution in [0.15, 0.2) is 24.3 Å². The van der Waals surface area contributed by atoms with Gasteiger partial charge in [0.1, 0.15) is 5.75 Å². The number of nitrogens with two attached hydrogens (primary N) is 1. The van der Waals surface area contributed by atoms with Gasteiger partial charge in [-0.1, -0.05) is 12.1 Å². The summed E-state index contributed by atoms with van der Waals surface area (Å²) in [6, 6.07) is 7.86. The maximum absolute atomic E-state index is 11.9. The molecule has 0 bridgehead atoms. The number of carbonyl (C=O) groups excluding carboxylic acids is 1. The van der Waals surface area contributed by atoms with E-state index in [1.165, 1.54) is 0 Å². The van der Waals surface area contributed by atoms with Gasteiger partial charge in [0, 0.05) is 20.0 Å². The van der Waals surface area contributed by atoms with Gasteiger partial charge in [0.2, 0.25) is 5.91 Å². The van der Waals surface area contributed by atoms with Crippen molar-refractivity contribution in [2.75, 3.05) is 20.2 Å². The van der Waals surface area contributed by atoms with Crippen molar-refractivity contribution < 1.29 is 9.53 Å². The molecule has 0 saturated heterocycles. The zero-order valence-corrected chi connectivity index (χ0v) is 11.9. The predicted octanol–water partition coefficient (Wildman–Crippen LogP) is 2.17. The fourth-order valence-corrected chi connectivity index (χ4v) is 1.83. The van der Waals surface area contributed by atoms with Crippen molar-refractivity contribution in [3.63, 3.8) is 0 Å². The molecule has 106 valence electrons. The van der Waals surface area contributed by atoms with Gasteiger partial charge in [-0.15, -0.1) is 0 Å². The van der Waals surface area contributed by atoms with E-state index in [1.807, 2.05) is 38.2 Å². The van der Waals surface area contributed by atoms with Crippen LogP contribution in [0.2, 0.25) is 0 Å². The number of amides is 1. The second kappa shape index (κ2) is 8.53. The molecular formula is C15H24N2O2. The minimum absolute atomic E-state index is 0.169. The molecule has 1 amide bonds. The zero-order valence-electron chi connectivity index (χ0n) is 11.9. The molecular weight excluding hydrogens is 240 g/mol. The molecule has 0 heterocycles.